The van der Waals surface area contributed by atoms with E-state index < -0.39 is 0 Å². The van der Waals surface area contributed by atoms with E-state index in [1.165, 1.54) is 4.88 Å². The molecule has 5 heteroatoms. The molecule has 1 atom stereocenters. The molecule has 1 aliphatic carbocycles. The second-order valence-corrected chi connectivity index (χ2v) is 10.0. The normalized spacial score (nSPS) is 16.0. The topological polar surface area (TPSA) is 51.2 Å². The van der Waals surface area contributed by atoms with Gasteiger partial charge in [-0.2, -0.15) is 0 Å². The SMILES string of the molecule is CC(C)(C)[C@H]1CCc2nc(NC(=O)c3ccc(OCc4ccccc4)cc3)sc2C1. The van der Waals surface area contributed by atoms with E-state index in [2.05, 4.69) is 31.1 Å². The minimum atomic E-state index is -0.136. The van der Waals surface area contributed by atoms with Crippen molar-refractivity contribution in [1.82, 2.24) is 4.98 Å². The first kappa shape index (κ1) is 20.6. The van der Waals surface area contributed by atoms with Crippen LogP contribution in [0.2, 0.25) is 0 Å². The highest BCUT2D eigenvalue weighted by molar-refractivity contribution is 7.15. The number of amides is 1. The summed E-state index contributed by atoms with van der Waals surface area (Å²) < 4.78 is 5.80. The molecule has 30 heavy (non-hydrogen) atoms. The second kappa shape index (κ2) is 8.60. The fourth-order valence-corrected chi connectivity index (χ4v) is 4.86. The zero-order valence-corrected chi connectivity index (χ0v) is 18.6. The third-order valence-corrected chi connectivity index (χ3v) is 6.79. The van der Waals surface area contributed by atoms with Crippen LogP contribution in [-0.4, -0.2) is 10.9 Å². The molecule has 0 unspecified atom stereocenters. The Kier molecular flexibility index (Phi) is 5.91. The monoisotopic (exact) mass is 420 g/mol. The molecule has 0 spiro atoms. The van der Waals surface area contributed by atoms with Gasteiger partial charge < -0.3 is 4.74 Å². The van der Waals surface area contributed by atoms with Crippen molar-refractivity contribution in [3.8, 4) is 5.75 Å². The zero-order chi connectivity index (χ0) is 21.1. The molecule has 0 saturated carbocycles. The summed E-state index contributed by atoms with van der Waals surface area (Å²) in [5.74, 6) is 1.27. The number of rotatable bonds is 5. The number of ether oxygens (including phenoxy) is 1. The van der Waals surface area contributed by atoms with Crippen LogP contribution in [0.4, 0.5) is 5.13 Å². The van der Waals surface area contributed by atoms with Gasteiger partial charge in [-0.15, -0.1) is 11.3 Å². The van der Waals surface area contributed by atoms with E-state index >= 15 is 0 Å². The Balaban J connectivity index is 1.36. The number of anilines is 1. The summed E-state index contributed by atoms with van der Waals surface area (Å²) in [7, 11) is 0. The van der Waals surface area contributed by atoms with Gasteiger partial charge in [0.2, 0.25) is 0 Å². The maximum atomic E-state index is 12.7. The Bertz CT molecular complexity index is 1000. The lowest BCUT2D eigenvalue weighted by atomic mass is 9.73. The first-order chi connectivity index (χ1) is 14.4. The van der Waals surface area contributed by atoms with Gasteiger partial charge in [0.25, 0.3) is 5.91 Å². The van der Waals surface area contributed by atoms with E-state index in [1.807, 2.05) is 42.5 Å². The Morgan fingerprint density at radius 1 is 1.13 bits per heavy atom. The summed E-state index contributed by atoms with van der Waals surface area (Å²) in [5, 5.41) is 3.67. The van der Waals surface area contributed by atoms with Gasteiger partial charge in [-0.05, 0) is 60.4 Å². The van der Waals surface area contributed by atoms with Gasteiger partial charge >= 0.3 is 0 Å². The molecule has 1 aromatic heterocycles. The van der Waals surface area contributed by atoms with E-state index in [4.69, 9.17) is 4.74 Å². The summed E-state index contributed by atoms with van der Waals surface area (Å²) >= 11 is 1.62. The van der Waals surface area contributed by atoms with Crippen molar-refractivity contribution >= 4 is 22.4 Å². The lowest BCUT2D eigenvalue weighted by Crippen LogP contribution is -2.26. The van der Waals surface area contributed by atoms with Crippen molar-refractivity contribution in [3.05, 3.63) is 76.3 Å². The molecule has 2 aromatic carbocycles. The van der Waals surface area contributed by atoms with Crippen molar-refractivity contribution < 1.29 is 9.53 Å². The molecule has 156 valence electrons. The van der Waals surface area contributed by atoms with E-state index in [0.717, 1.165) is 36.3 Å². The third-order valence-electron chi connectivity index (χ3n) is 5.75. The van der Waals surface area contributed by atoms with E-state index in [9.17, 15) is 4.79 Å². The lowest BCUT2D eigenvalue weighted by molar-refractivity contribution is 0.102. The summed E-state index contributed by atoms with van der Waals surface area (Å²) in [6.45, 7) is 7.42. The maximum absolute atomic E-state index is 12.7. The number of benzene rings is 2. The first-order valence-electron chi connectivity index (χ1n) is 10.5. The van der Waals surface area contributed by atoms with Gasteiger partial charge in [-0.25, -0.2) is 4.98 Å². The Labute approximate surface area is 182 Å². The van der Waals surface area contributed by atoms with E-state index in [-0.39, 0.29) is 5.91 Å². The molecule has 4 nitrogen and oxygen atoms in total. The number of thiazole rings is 1. The van der Waals surface area contributed by atoms with Gasteiger partial charge in [0.05, 0.1) is 5.69 Å². The zero-order valence-electron chi connectivity index (χ0n) is 17.8. The van der Waals surface area contributed by atoms with Crippen molar-refractivity contribution in [3.63, 3.8) is 0 Å². The van der Waals surface area contributed by atoms with E-state index in [0.29, 0.717) is 28.6 Å². The van der Waals surface area contributed by atoms with Crippen LogP contribution in [0.15, 0.2) is 54.6 Å². The molecule has 3 aromatic rings. The predicted molar refractivity (Wildman–Crippen MR) is 122 cm³/mol. The average molecular weight is 421 g/mol. The van der Waals surface area contributed by atoms with Crippen molar-refractivity contribution in [2.24, 2.45) is 11.3 Å². The molecule has 1 aliphatic rings. The summed E-state index contributed by atoms with van der Waals surface area (Å²) in [6.07, 6.45) is 3.22. The van der Waals surface area contributed by atoms with E-state index in [1.54, 1.807) is 23.5 Å². The molecule has 0 fully saturated rings. The van der Waals surface area contributed by atoms with Crippen LogP contribution in [-0.2, 0) is 19.4 Å². The fourth-order valence-electron chi connectivity index (χ4n) is 3.78. The highest BCUT2D eigenvalue weighted by Gasteiger charge is 2.30. The number of nitrogens with zero attached hydrogens (tertiary/aromatic N) is 1. The van der Waals surface area contributed by atoms with Crippen LogP contribution in [0.1, 0.15) is 53.7 Å². The lowest BCUT2D eigenvalue weighted by Gasteiger charge is -2.33. The second-order valence-electron chi connectivity index (χ2n) is 8.95. The van der Waals surface area contributed by atoms with Crippen molar-refractivity contribution in [2.75, 3.05) is 5.32 Å². The van der Waals surface area contributed by atoms with Crippen LogP contribution in [0.3, 0.4) is 0 Å². The van der Waals surface area contributed by atoms with Crippen molar-refractivity contribution in [1.29, 1.82) is 0 Å². The summed E-state index contributed by atoms with van der Waals surface area (Å²) in [4.78, 5) is 18.7. The molecule has 0 saturated heterocycles. The van der Waals surface area contributed by atoms with Gasteiger partial charge in [0, 0.05) is 10.4 Å². The number of aryl methyl sites for hydroxylation is 1. The Hall–Kier alpha value is -2.66. The number of carbonyl (C=O) groups excluding carboxylic acids is 1. The molecule has 4 rings (SSSR count). The standard InChI is InChI=1S/C25H28N2O2S/c1-25(2,3)19-11-14-21-22(15-19)30-24(26-21)27-23(28)18-9-12-20(13-10-18)29-16-17-7-5-4-6-8-17/h4-10,12-13,19H,11,14-16H2,1-3H3,(H,26,27,28)/t19-/m0/s1. The Morgan fingerprint density at radius 2 is 1.87 bits per heavy atom. The van der Waals surface area contributed by atoms with Crippen LogP contribution < -0.4 is 10.1 Å². The number of fused-ring (bicyclic) bond motifs is 1. The minimum Gasteiger partial charge on any atom is -0.489 e. The number of nitrogens with one attached hydrogen (secondary N) is 1. The van der Waals surface area contributed by atoms with Gasteiger partial charge in [0.15, 0.2) is 5.13 Å². The smallest absolute Gasteiger partial charge is 0.257 e. The molecule has 0 bridgehead atoms. The molecular weight excluding hydrogens is 392 g/mol. The third kappa shape index (κ3) is 4.90. The minimum absolute atomic E-state index is 0.136. The van der Waals surface area contributed by atoms with Gasteiger partial charge in [-0.1, -0.05) is 51.1 Å². The largest absolute Gasteiger partial charge is 0.489 e. The average Bonchev–Trinajstić information content (AvgIpc) is 3.14. The number of hydrogen-bond donors (Lipinski definition) is 1. The van der Waals surface area contributed by atoms with Crippen LogP contribution >= 0.6 is 11.3 Å². The maximum Gasteiger partial charge on any atom is 0.257 e. The summed E-state index contributed by atoms with van der Waals surface area (Å²) in [6, 6.07) is 17.3. The molecule has 0 radical (unpaired) electrons. The number of carbonyl (C=O) groups is 1. The molecule has 1 amide bonds. The molecule has 1 N–H and O–H groups in total. The first-order valence-corrected chi connectivity index (χ1v) is 11.3. The van der Waals surface area contributed by atoms with Crippen molar-refractivity contribution in [2.45, 2.75) is 46.6 Å². The van der Waals surface area contributed by atoms with Crippen LogP contribution in [0.25, 0.3) is 0 Å². The predicted octanol–water partition coefficient (Wildman–Crippen LogP) is 6.13. The quantitative estimate of drug-likeness (QED) is 0.540. The summed E-state index contributed by atoms with van der Waals surface area (Å²) in [5.41, 5.74) is 3.17. The Morgan fingerprint density at radius 3 is 2.57 bits per heavy atom. The highest BCUT2D eigenvalue weighted by Crippen LogP contribution is 2.40. The van der Waals surface area contributed by atoms with Crippen LogP contribution in [0.5, 0.6) is 5.75 Å². The molecular formula is C25H28N2O2S. The highest BCUT2D eigenvalue weighted by atomic mass is 32.1. The fraction of sp³-hybridized carbons (Fsp3) is 0.360. The molecule has 1 heterocycles. The molecule has 0 aliphatic heterocycles. The van der Waals surface area contributed by atoms with Crippen LogP contribution in [0, 0.1) is 11.3 Å². The number of aromatic nitrogens is 1. The van der Waals surface area contributed by atoms with Gasteiger partial charge in [-0.3, -0.25) is 10.1 Å². The van der Waals surface area contributed by atoms with Gasteiger partial charge in [0.1, 0.15) is 12.4 Å². The number of hydrogen-bond acceptors (Lipinski definition) is 4.